The number of nitrogens with zero attached hydrogens (tertiary/aromatic N) is 4. The van der Waals surface area contributed by atoms with Gasteiger partial charge in [-0.05, 0) is 12.5 Å². The number of carbonyl (C=O) groups is 1. The zero-order valence-corrected chi connectivity index (χ0v) is 14.3. The highest BCUT2D eigenvalue weighted by atomic mass is 19.4. The second kappa shape index (κ2) is 8.43. The van der Waals surface area contributed by atoms with Gasteiger partial charge in [-0.3, -0.25) is 9.59 Å². The van der Waals surface area contributed by atoms with E-state index >= 15 is 0 Å². The lowest BCUT2D eigenvalue weighted by Crippen LogP contribution is -2.32. The van der Waals surface area contributed by atoms with E-state index in [4.69, 9.17) is 0 Å². The van der Waals surface area contributed by atoms with Crippen molar-refractivity contribution in [3.05, 3.63) is 47.2 Å². The summed E-state index contributed by atoms with van der Waals surface area (Å²) in [5.74, 6) is -0.458. The summed E-state index contributed by atoms with van der Waals surface area (Å²) in [6.07, 6.45) is -1.54. The van der Waals surface area contributed by atoms with Gasteiger partial charge in [0.25, 0.3) is 5.56 Å². The highest BCUT2D eigenvalue weighted by Gasteiger charge is 2.28. The molecule has 2 aromatic rings. The molecule has 0 spiro atoms. The van der Waals surface area contributed by atoms with Crippen LogP contribution in [0, 0.1) is 0 Å². The average Bonchev–Trinajstić information content (AvgIpc) is 2.61. The molecular weight excluding hydrogens is 367 g/mol. The van der Waals surface area contributed by atoms with E-state index < -0.39 is 30.3 Å². The molecule has 0 aliphatic rings. The highest BCUT2D eigenvalue weighted by Crippen LogP contribution is 2.18. The van der Waals surface area contributed by atoms with E-state index in [2.05, 4.69) is 31.7 Å². The molecule has 0 radical (unpaired) electrons. The summed E-state index contributed by atoms with van der Waals surface area (Å²) < 4.78 is 41.7. The van der Waals surface area contributed by atoms with Gasteiger partial charge in [0.1, 0.15) is 6.54 Å². The van der Waals surface area contributed by atoms with Crippen LogP contribution in [0.4, 0.5) is 13.2 Å². The van der Waals surface area contributed by atoms with Crippen molar-refractivity contribution in [2.75, 3.05) is 6.61 Å². The Labute approximate surface area is 151 Å². The maximum Gasteiger partial charge on any atom is 0.422 e. The summed E-state index contributed by atoms with van der Waals surface area (Å²) in [4.78, 5) is 31.1. The minimum atomic E-state index is -4.50. The van der Waals surface area contributed by atoms with Crippen molar-refractivity contribution < 1.29 is 22.7 Å². The Morgan fingerprint density at radius 3 is 2.56 bits per heavy atom. The number of hydrogen-bond acceptors (Lipinski definition) is 6. The van der Waals surface area contributed by atoms with Crippen LogP contribution in [-0.4, -0.2) is 38.4 Å². The number of rotatable bonds is 7. The van der Waals surface area contributed by atoms with Gasteiger partial charge in [0.05, 0.1) is 5.69 Å². The summed E-state index contributed by atoms with van der Waals surface area (Å²) in [7, 11) is 0. The molecule has 0 aliphatic heterocycles. The van der Waals surface area contributed by atoms with Gasteiger partial charge in [-0.15, -0.1) is 0 Å². The molecule has 0 atom stereocenters. The summed E-state index contributed by atoms with van der Waals surface area (Å²) in [6.45, 7) is 3.63. The minimum absolute atomic E-state index is 0.263. The summed E-state index contributed by atoms with van der Waals surface area (Å²) in [5, 5.41) is 6.58. The standard InChI is InChI=1S/C16H16F3N5O3/c1-3-10(2)22-13(25)8-24-14(26)5-4-12(23-24)11-6-20-15(21-7-11)27-9-16(17,18)19/h4-7H,2-3,8-9H2,1H3,(H,22,25). The second-order valence-electron chi connectivity index (χ2n) is 5.38. The number of aromatic nitrogens is 4. The van der Waals surface area contributed by atoms with Crippen LogP contribution in [0.2, 0.25) is 0 Å². The van der Waals surface area contributed by atoms with Crippen LogP contribution in [-0.2, 0) is 11.3 Å². The topological polar surface area (TPSA) is 99.0 Å². The second-order valence-corrected chi connectivity index (χ2v) is 5.38. The molecule has 1 amide bonds. The molecule has 0 fully saturated rings. The van der Waals surface area contributed by atoms with E-state index in [0.29, 0.717) is 17.7 Å². The number of nitrogens with one attached hydrogen (secondary N) is 1. The van der Waals surface area contributed by atoms with Crippen molar-refractivity contribution in [2.45, 2.75) is 26.1 Å². The number of ether oxygens (including phenoxy) is 1. The van der Waals surface area contributed by atoms with Gasteiger partial charge in [0, 0.05) is 29.7 Å². The Bertz CT molecular complexity index is 878. The molecule has 0 bridgehead atoms. The van der Waals surface area contributed by atoms with Gasteiger partial charge < -0.3 is 10.1 Å². The van der Waals surface area contributed by atoms with E-state index in [9.17, 15) is 22.8 Å². The molecular formula is C16H16F3N5O3. The predicted octanol–water partition coefficient (Wildman–Crippen LogP) is 1.68. The predicted molar refractivity (Wildman–Crippen MR) is 88.6 cm³/mol. The van der Waals surface area contributed by atoms with Crippen LogP contribution in [0.1, 0.15) is 13.3 Å². The molecule has 0 aromatic carbocycles. The highest BCUT2D eigenvalue weighted by molar-refractivity contribution is 5.77. The minimum Gasteiger partial charge on any atom is -0.454 e. The smallest absolute Gasteiger partial charge is 0.422 e. The lowest BCUT2D eigenvalue weighted by atomic mass is 10.2. The van der Waals surface area contributed by atoms with Crippen molar-refractivity contribution >= 4 is 5.91 Å². The average molecular weight is 383 g/mol. The lowest BCUT2D eigenvalue weighted by molar-refractivity contribution is -0.154. The van der Waals surface area contributed by atoms with E-state index in [1.807, 2.05) is 6.92 Å². The number of alkyl halides is 3. The maximum atomic E-state index is 12.1. The lowest BCUT2D eigenvalue weighted by Gasteiger charge is -2.09. The van der Waals surface area contributed by atoms with Crippen molar-refractivity contribution in [2.24, 2.45) is 0 Å². The molecule has 0 unspecified atom stereocenters. The van der Waals surface area contributed by atoms with Crippen LogP contribution in [0.25, 0.3) is 11.3 Å². The molecule has 0 aliphatic carbocycles. The molecule has 2 aromatic heterocycles. The molecule has 8 nitrogen and oxygen atoms in total. The maximum absolute atomic E-state index is 12.1. The van der Waals surface area contributed by atoms with Crippen LogP contribution >= 0.6 is 0 Å². The van der Waals surface area contributed by atoms with Gasteiger partial charge in [-0.1, -0.05) is 13.5 Å². The third kappa shape index (κ3) is 6.20. The molecule has 144 valence electrons. The third-order valence-electron chi connectivity index (χ3n) is 3.19. The summed E-state index contributed by atoms with van der Waals surface area (Å²) in [6, 6.07) is 2.15. The Hall–Kier alpha value is -3.24. The first-order valence-corrected chi connectivity index (χ1v) is 7.75. The molecule has 27 heavy (non-hydrogen) atoms. The van der Waals surface area contributed by atoms with Crippen molar-refractivity contribution in [3.63, 3.8) is 0 Å². The van der Waals surface area contributed by atoms with E-state index in [0.717, 1.165) is 4.68 Å². The third-order valence-corrected chi connectivity index (χ3v) is 3.19. The summed E-state index contributed by atoms with van der Waals surface area (Å²) >= 11 is 0. The van der Waals surface area contributed by atoms with Gasteiger partial charge in [-0.2, -0.15) is 18.3 Å². The first-order valence-electron chi connectivity index (χ1n) is 7.75. The SMILES string of the molecule is C=C(CC)NC(=O)Cn1nc(-c2cnc(OCC(F)(F)F)nc2)ccc1=O. The van der Waals surface area contributed by atoms with Crippen molar-refractivity contribution in [1.82, 2.24) is 25.1 Å². The van der Waals surface area contributed by atoms with Gasteiger partial charge in [0.15, 0.2) is 6.61 Å². The van der Waals surface area contributed by atoms with Gasteiger partial charge in [-0.25, -0.2) is 14.6 Å². The fraction of sp³-hybridized carbons (Fsp3) is 0.312. The zero-order chi connectivity index (χ0) is 20.0. The Morgan fingerprint density at radius 2 is 1.96 bits per heavy atom. The number of amides is 1. The number of carbonyl (C=O) groups excluding carboxylic acids is 1. The Balaban J connectivity index is 2.13. The number of hydrogen-bond donors (Lipinski definition) is 1. The van der Waals surface area contributed by atoms with Gasteiger partial charge >= 0.3 is 12.2 Å². The first kappa shape index (κ1) is 20.1. The largest absolute Gasteiger partial charge is 0.454 e. The van der Waals surface area contributed by atoms with Crippen LogP contribution in [0.3, 0.4) is 0 Å². The fourth-order valence-corrected chi connectivity index (χ4v) is 1.85. The molecule has 2 rings (SSSR count). The Kier molecular flexibility index (Phi) is 6.27. The van der Waals surface area contributed by atoms with Crippen LogP contribution < -0.4 is 15.6 Å². The normalized spacial score (nSPS) is 11.1. The molecule has 0 saturated heterocycles. The Morgan fingerprint density at radius 1 is 1.30 bits per heavy atom. The monoisotopic (exact) mass is 383 g/mol. The van der Waals surface area contributed by atoms with Crippen LogP contribution in [0.15, 0.2) is 41.6 Å². The number of allylic oxidation sites excluding steroid dienone is 1. The van der Waals surface area contributed by atoms with E-state index in [-0.39, 0.29) is 12.2 Å². The quantitative estimate of drug-likeness (QED) is 0.781. The summed E-state index contributed by atoms with van der Waals surface area (Å²) in [5.41, 5.74) is 0.606. The zero-order valence-electron chi connectivity index (χ0n) is 14.3. The molecule has 1 N–H and O–H groups in total. The first-order chi connectivity index (χ1) is 12.7. The fourth-order valence-electron chi connectivity index (χ4n) is 1.85. The van der Waals surface area contributed by atoms with E-state index in [1.54, 1.807) is 0 Å². The molecule has 11 heteroatoms. The van der Waals surface area contributed by atoms with Crippen molar-refractivity contribution in [1.29, 1.82) is 0 Å². The van der Waals surface area contributed by atoms with Gasteiger partial charge in [0.2, 0.25) is 5.91 Å². The molecule has 2 heterocycles. The van der Waals surface area contributed by atoms with Crippen LogP contribution in [0.5, 0.6) is 6.01 Å². The van der Waals surface area contributed by atoms with Crippen molar-refractivity contribution in [3.8, 4) is 17.3 Å². The van der Waals surface area contributed by atoms with E-state index in [1.165, 1.54) is 24.5 Å². The molecule has 0 saturated carbocycles. The number of halogens is 3.